The average Bonchev–Trinajstić information content (AvgIpc) is 2.53. The smallest absolute Gasteiger partial charge is 0.272 e. The van der Waals surface area contributed by atoms with E-state index in [1.165, 1.54) is 0 Å². The van der Waals surface area contributed by atoms with E-state index < -0.39 is 0 Å². The van der Waals surface area contributed by atoms with Crippen molar-refractivity contribution in [2.75, 3.05) is 26.8 Å². The van der Waals surface area contributed by atoms with Gasteiger partial charge in [0, 0.05) is 18.5 Å². The average molecular weight is 286 g/mol. The molecule has 0 aliphatic carbocycles. The monoisotopic (exact) mass is 286 g/mol. The lowest BCUT2D eigenvalue weighted by atomic mass is 10.1. The molecule has 0 saturated carbocycles. The predicted octanol–water partition coefficient (Wildman–Crippen LogP) is 2.10. The molecule has 2 heterocycles. The molecule has 0 bridgehead atoms. The summed E-state index contributed by atoms with van der Waals surface area (Å²) in [4.78, 5) is 18.8. The number of nitrogens with zero attached hydrogens (tertiary/aromatic N) is 2. The largest absolute Gasteiger partial charge is 0.497 e. The summed E-state index contributed by atoms with van der Waals surface area (Å²) in [7, 11) is 1.63. The van der Waals surface area contributed by atoms with Crippen molar-refractivity contribution in [2.45, 2.75) is 13.0 Å². The highest BCUT2D eigenvalue weighted by atomic mass is 16.5. The van der Waals surface area contributed by atoms with Gasteiger partial charge in [-0.15, -0.1) is 0 Å². The number of morpholine rings is 1. The Kier molecular flexibility index (Phi) is 3.75. The molecule has 21 heavy (non-hydrogen) atoms. The number of pyridine rings is 1. The summed E-state index contributed by atoms with van der Waals surface area (Å²) in [6.07, 6.45) is 0.0763. The molecule has 0 spiro atoms. The molecule has 5 nitrogen and oxygen atoms in total. The number of aromatic nitrogens is 1. The van der Waals surface area contributed by atoms with Crippen LogP contribution in [0.3, 0.4) is 0 Å². The molecule has 1 amide bonds. The Labute approximate surface area is 123 Å². The van der Waals surface area contributed by atoms with Gasteiger partial charge >= 0.3 is 0 Å². The molecule has 1 fully saturated rings. The second kappa shape index (κ2) is 5.69. The Bertz CT molecular complexity index is 672. The molecule has 0 N–H and O–H groups in total. The van der Waals surface area contributed by atoms with Crippen molar-refractivity contribution in [1.29, 1.82) is 0 Å². The zero-order chi connectivity index (χ0) is 14.8. The highest BCUT2D eigenvalue weighted by Crippen LogP contribution is 2.20. The third-order valence-electron chi connectivity index (χ3n) is 3.64. The summed E-state index contributed by atoms with van der Waals surface area (Å²) in [6, 6.07) is 9.30. The van der Waals surface area contributed by atoms with Crippen molar-refractivity contribution < 1.29 is 14.3 Å². The molecule has 1 unspecified atom stereocenters. The van der Waals surface area contributed by atoms with Crippen molar-refractivity contribution in [3.8, 4) is 5.75 Å². The first kappa shape index (κ1) is 13.8. The molecule has 1 saturated heterocycles. The normalized spacial score (nSPS) is 18.8. The van der Waals surface area contributed by atoms with Crippen molar-refractivity contribution in [1.82, 2.24) is 9.88 Å². The van der Waals surface area contributed by atoms with Gasteiger partial charge in [-0.2, -0.15) is 0 Å². The molecule has 110 valence electrons. The lowest BCUT2D eigenvalue weighted by Crippen LogP contribution is -2.44. The van der Waals surface area contributed by atoms with Crippen LogP contribution >= 0.6 is 0 Å². The van der Waals surface area contributed by atoms with E-state index in [4.69, 9.17) is 9.47 Å². The molecule has 1 aliphatic rings. The van der Waals surface area contributed by atoms with Crippen LogP contribution in [0, 0.1) is 0 Å². The Morgan fingerprint density at radius 2 is 2.24 bits per heavy atom. The van der Waals surface area contributed by atoms with Gasteiger partial charge in [0.1, 0.15) is 11.4 Å². The van der Waals surface area contributed by atoms with Crippen molar-refractivity contribution in [3.63, 3.8) is 0 Å². The van der Waals surface area contributed by atoms with Crippen LogP contribution in [-0.4, -0.2) is 48.7 Å². The fourth-order valence-corrected chi connectivity index (χ4v) is 2.51. The second-order valence-corrected chi connectivity index (χ2v) is 5.19. The number of benzene rings is 1. The topological polar surface area (TPSA) is 51.7 Å². The number of methoxy groups -OCH3 is 1. The first-order chi connectivity index (χ1) is 10.2. The van der Waals surface area contributed by atoms with Gasteiger partial charge in [0.15, 0.2) is 0 Å². The summed E-state index contributed by atoms with van der Waals surface area (Å²) >= 11 is 0. The molecule has 3 rings (SSSR count). The van der Waals surface area contributed by atoms with Crippen molar-refractivity contribution in [2.24, 2.45) is 0 Å². The minimum Gasteiger partial charge on any atom is -0.497 e. The highest BCUT2D eigenvalue weighted by molar-refractivity contribution is 5.95. The number of hydrogen-bond acceptors (Lipinski definition) is 4. The van der Waals surface area contributed by atoms with E-state index in [1.807, 2.05) is 31.2 Å². The highest BCUT2D eigenvalue weighted by Gasteiger charge is 2.23. The number of ether oxygens (including phenoxy) is 2. The predicted molar refractivity (Wildman–Crippen MR) is 79.6 cm³/mol. The third kappa shape index (κ3) is 2.83. The van der Waals surface area contributed by atoms with Crippen LogP contribution in [0.5, 0.6) is 5.75 Å². The van der Waals surface area contributed by atoms with Crippen LogP contribution in [0.4, 0.5) is 0 Å². The number of amides is 1. The molecular weight excluding hydrogens is 268 g/mol. The molecule has 5 heteroatoms. The summed E-state index contributed by atoms with van der Waals surface area (Å²) in [6.45, 7) is 3.78. The number of rotatable bonds is 2. The SMILES string of the molecule is COc1ccc2nc(C(=O)N3CCOC(C)C3)ccc2c1. The third-order valence-corrected chi connectivity index (χ3v) is 3.64. The van der Waals surface area contributed by atoms with Gasteiger partial charge < -0.3 is 14.4 Å². The summed E-state index contributed by atoms with van der Waals surface area (Å²) in [5.74, 6) is 0.744. The fraction of sp³-hybridized carbons (Fsp3) is 0.375. The van der Waals surface area contributed by atoms with Gasteiger partial charge in [-0.25, -0.2) is 4.98 Å². The van der Waals surface area contributed by atoms with E-state index in [0.717, 1.165) is 16.7 Å². The summed E-state index contributed by atoms with van der Waals surface area (Å²) < 4.78 is 10.7. The Morgan fingerprint density at radius 1 is 1.38 bits per heavy atom. The Hall–Kier alpha value is -2.14. The van der Waals surface area contributed by atoms with E-state index >= 15 is 0 Å². The first-order valence-corrected chi connectivity index (χ1v) is 7.03. The minimum atomic E-state index is -0.0390. The zero-order valence-electron chi connectivity index (χ0n) is 12.2. The zero-order valence-corrected chi connectivity index (χ0v) is 12.2. The maximum absolute atomic E-state index is 12.5. The number of fused-ring (bicyclic) bond motifs is 1. The molecule has 1 aromatic heterocycles. The van der Waals surface area contributed by atoms with Crippen LogP contribution in [0.15, 0.2) is 30.3 Å². The lowest BCUT2D eigenvalue weighted by Gasteiger charge is -2.30. The summed E-state index contributed by atoms with van der Waals surface area (Å²) in [5, 5.41) is 0.959. The van der Waals surface area contributed by atoms with Crippen LogP contribution in [0.25, 0.3) is 10.9 Å². The first-order valence-electron chi connectivity index (χ1n) is 7.03. The van der Waals surface area contributed by atoms with Crippen LogP contribution in [0.1, 0.15) is 17.4 Å². The number of carbonyl (C=O) groups excluding carboxylic acids is 1. The second-order valence-electron chi connectivity index (χ2n) is 5.19. The minimum absolute atomic E-state index is 0.0390. The van der Waals surface area contributed by atoms with Gasteiger partial charge in [0.05, 0.1) is 25.3 Å². The Morgan fingerprint density at radius 3 is 3.00 bits per heavy atom. The van der Waals surface area contributed by atoms with E-state index in [0.29, 0.717) is 25.4 Å². The standard InChI is InChI=1S/C16H18N2O3/c1-11-10-18(7-8-21-11)16(19)15-5-3-12-9-13(20-2)4-6-14(12)17-15/h3-6,9,11H,7-8,10H2,1-2H3. The molecule has 0 radical (unpaired) electrons. The van der Waals surface area contributed by atoms with Crippen molar-refractivity contribution in [3.05, 3.63) is 36.0 Å². The molecular formula is C16H18N2O3. The van der Waals surface area contributed by atoms with E-state index in [1.54, 1.807) is 18.1 Å². The van der Waals surface area contributed by atoms with Gasteiger partial charge in [-0.05, 0) is 31.2 Å². The van der Waals surface area contributed by atoms with E-state index in [2.05, 4.69) is 4.98 Å². The number of carbonyl (C=O) groups is 1. The van der Waals surface area contributed by atoms with E-state index in [9.17, 15) is 4.79 Å². The van der Waals surface area contributed by atoms with Gasteiger partial charge in [-0.1, -0.05) is 6.07 Å². The molecule has 1 aromatic carbocycles. The molecule has 1 aliphatic heterocycles. The maximum atomic E-state index is 12.5. The van der Waals surface area contributed by atoms with E-state index in [-0.39, 0.29) is 12.0 Å². The van der Waals surface area contributed by atoms with Gasteiger partial charge in [0.2, 0.25) is 0 Å². The summed E-state index contributed by atoms with van der Waals surface area (Å²) in [5.41, 5.74) is 1.27. The quantitative estimate of drug-likeness (QED) is 0.848. The molecule has 1 atom stereocenters. The van der Waals surface area contributed by atoms with Crippen LogP contribution in [0.2, 0.25) is 0 Å². The fourth-order valence-electron chi connectivity index (χ4n) is 2.51. The van der Waals surface area contributed by atoms with Crippen LogP contribution in [-0.2, 0) is 4.74 Å². The van der Waals surface area contributed by atoms with Crippen molar-refractivity contribution >= 4 is 16.8 Å². The number of hydrogen-bond donors (Lipinski definition) is 0. The lowest BCUT2D eigenvalue weighted by molar-refractivity contribution is -0.0126. The molecule has 2 aromatic rings. The Balaban J connectivity index is 1.88. The van der Waals surface area contributed by atoms with Gasteiger partial charge in [0.25, 0.3) is 5.91 Å². The van der Waals surface area contributed by atoms with Gasteiger partial charge in [-0.3, -0.25) is 4.79 Å². The maximum Gasteiger partial charge on any atom is 0.272 e. The van der Waals surface area contributed by atoms with Crippen LogP contribution < -0.4 is 4.74 Å².